The van der Waals surface area contributed by atoms with E-state index in [4.69, 9.17) is 5.73 Å². The molecule has 3 rings (SSSR count). The molecule has 4 nitrogen and oxygen atoms in total. The minimum absolute atomic E-state index is 0.646. The summed E-state index contributed by atoms with van der Waals surface area (Å²) in [6.45, 7) is 0. The number of anilines is 1. The largest absolute Gasteiger partial charge is 0.398 e. The van der Waals surface area contributed by atoms with Gasteiger partial charge in [0.15, 0.2) is 5.65 Å². The van der Waals surface area contributed by atoms with Gasteiger partial charge in [0.2, 0.25) is 0 Å². The van der Waals surface area contributed by atoms with E-state index in [9.17, 15) is 0 Å². The molecule has 17 heavy (non-hydrogen) atoms. The molecule has 0 fully saturated rings. The monoisotopic (exact) mass is 222 g/mol. The zero-order valence-electron chi connectivity index (χ0n) is 9.04. The Morgan fingerprint density at radius 1 is 0.882 bits per heavy atom. The lowest BCUT2D eigenvalue weighted by Gasteiger charge is -2.04. The van der Waals surface area contributed by atoms with Crippen LogP contribution in [0, 0.1) is 0 Å². The molecule has 0 saturated heterocycles. The van der Waals surface area contributed by atoms with Crippen molar-refractivity contribution in [3.63, 3.8) is 0 Å². The van der Waals surface area contributed by atoms with Crippen LogP contribution in [-0.4, -0.2) is 15.0 Å². The lowest BCUT2D eigenvalue weighted by atomic mass is 10.2. The fraction of sp³-hybridized carbons (Fsp3) is 0. The third kappa shape index (κ3) is 1.69. The van der Waals surface area contributed by atoms with Crippen molar-refractivity contribution in [1.29, 1.82) is 0 Å². The van der Waals surface area contributed by atoms with Crippen molar-refractivity contribution >= 4 is 16.7 Å². The van der Waals surface area contributed by atoms with E-state index in [0.29, 0.717) is 11.3 Å². The molecule has 82 valence electrons. The van der Waals surface area contributed by atoms with Crippen LogP contribution >= 0.6 is 0 Å². The highest BCUT2D eigenvalue weighted by Gasteiger charge is 2.06. The summed E-state index contributed by atoms with van der Waals surface area (Å²) in [4.78, 5) is 12.9. The fourth-order valence-corrected chi connectivity index (χ4v) is 1.73. The Bertz CT molecular complexity index is 665. The first-order chi connectivity index (χ1) is 8.34. The molecular weight excluding hydrogens is 212 g/mol. The van der Waals surface area contributed by atoms with Crippen molar-refractivity contribution in [1.82, 2.24) is 15.0 Å². The highest BCUT2D eigenvalue weighted by Crippen LogP contribution is 2.23. The Kier molecular flexibility index (Phi) is 2.19. The molecule has 0 spiro atoms. The quantitative estimate of drug-likeness (QED) is 0.686. The highest BCUT2D eigenvalue weighted by atomic mass is 14.9. The van der Waals surface area contributed by atoms with Crippen LogP contribution in [-0.2, 0) is 0 Å². The first-order valence-corrected chi connectivity index (χ1v) is 5.27. The number of hydrogen-bond donors (Lipinski definition) is 1. The molecule has 0 atom stereocenters. The van der Waals surface area contributed by atoms with Gasteiger partial charge in [-0.3, -0.25) is 4.98 Å². The maximum atomic E-state index is 5.99. The Hall–Kier alpha value is -2.49. The first-order valence-electron chi connectivity index (χ1n) is 5.27. The number of rotatable bonds is 1. The van der Waals surface area contributed by atoms with Gasteiger partial charge in [-0.15, -0.1) is 0 Å². The van der Waals surface area contributed by atoms with Crippen LogP contribution < -0.4 is 5.73 Å². The molecule has 0 radical (unpaired) electrons. The fourth-order valence-electron chi connectivity index (χ4n) is 1.73. The minimum atomic E-state index is 0.646. The number of fused-ring (bicyclic) bond motifs is 1. The molecule has 0 unspecified atom stereocenters. The van der Waals surface area contributed by atoms with E-state index >= 15 is 0 Å². The predicted octanol–water partition coefficient (Wildman–Crippen LogP) is 2.27. The second kappa shape index (κ2) is 3.83. The lowest BCUT2D eigenvalue weighted by molar-refractivity contribution is 1.24. The molecular formula is C13H10N4. The van der Waals surface area contributed by atoms with E-state index < -0.39 is 0 Å². The molecule has 0 aliphatic carbocycles. The van der Waals surface area contributed by atoms with Gasteiger partial charge in [0, 0.05) is 23.5 Å². The average Bonchev–Trinajstić information content (AvgIpc) is 2.40. The summed E-state index contributed by atoms with van der Waals surface area (Å²) in [7, 11) is 0. The number of nitrogens with two attached hydrogens (primary N) is 1. The smallest absolute Gasteiger partial charge is 0.161 e. The van der Waals surface area contributed by atoms with Gasteiger partial charge in [-0.1, -0.05) is 6.07 Å². The van der Waals surface area contributed by atoms with Gasteiger partial charge in [-0.25, -0.2) is 9.97 Å². The number of hydrogen-bond acceptors (Lipinski definition) is 4. The van der Waals surface area contributed by atoms with Crippen molar-refractivity contribution in [2.24, 2.45) is 0 Å². The van der Waals surface area contributed by atoms with E-state index in [1.54, 1.807) is 12.4 Å². The zero-order chi connectivity index (χ0) is 11.7. The van der Waals surface area contributed by atoms with E-state index in [0.717, 1.165) is 16.8 Å². The van der Waals surface area contributed by atoms with E-state index in [2.05, 4.69) is 15.0 Å². The van der Waals surface area contributed by atoms with Crippen molar-refractivity contribution in [3.8, 4) is 11.4 Å². The van der Waals surface area contributed by atoms with Gasteiger partial charge < -0.3 is 5.73 Å². The Balaban J connectivity index is 2.26. The summed E-state index contributed by atoms with van der Waals surface area (Å²) in [6, 6.07) is 11.3. The summed E-state index contributed by atoms with van der Waals surface area (Å²) in [5.74, 6) is 0. The SMILES string of the molecule is Nc1cc(-c2ccccn2)nc2ncccc12. The minimum Gasteiger partial charge on any atom is -0.398 e. The summed E-state index contributed by atoms with van der Waals surface area (Å²) in [6.07, 6.45) is 3.44. The zero-order valence-corrected chi connectivity index (χ0v) is 9.04. The van der Waals surface area contributed by atoms with Gasteiger partial charge in [0.05, 0.1) is 11.4 Å². The number of nitrogen functional groups attached to an aromatic ring is 1. The second-order valence-electron chi connectivity index (χ2n) is 3.69. The molecule has 0 aliphatic heterocycles. The van der Waals surface area contributed by atoms with Crippen LogP contribution in [0.3, 0.4) is 0 Å². The standard InChI is InChI=1S/C13H10N4/c14-10-8-12(11-5-1-2-6-15-11)17-13-9(10)4-3-7-16-13/h1-8H,(H2,14,16,17). The van der Waals surface area contributed by atoms with Crippen molar-refractivity contribution in [3.05, 3.63) is 48.8 Å². The van der Waals surface area contributed by atoms with Crippen LogP contribution in [0.2, 0.25) is 0 Å². The van der Waals surface area contributed by atoms with Gasteiger partial charge in [-0.05, 0) is 30.3 Å². The van der Waals surface area contributed by atoms with E-state index in [1.165, 1.54) is 0 Å². The van der Waals surface area contributed by atoms with Crippen molar-refractivity contribution in [2.75, 3.05) is 5.73 Å². The Labute approximate surface area is 98.2 Å². The van der Waals surface area contributed by atoms with Crippen LogP contribution in [0.5, 0.6) is 0 Å². The summed E-state index contributed by atoms with van der Waals surface area (Å²) in [5, 5.41) is 0.868. The summed E-state index contributed by atoms with van der Waals surface area (Å²) >= 11 is 0. The van der Waals surface area contributed by atoms with Crippen LogP contribution in [0.4, 0.5) is 5.69 Å². The summed E-state index contributed by atoms with van der Waals surface area (Å²) in [5.41, 5.74) is 8.85. The molecule has 3 aromatic rings. The molecule has 0 aliphatic rings. The van der Waals surface area contributed by atoms with Crippen molar-refractivity contribution < 1.29 is 0 Å². The molecule has 4 heteroatoms. The van der Waals surface area contributed by atoms with Gasteiger partial charge >= 0.3 is 0 Å². The third-order valence-corrected chi connectivity index (χ3v) is 2.54. The maximum Gasteiger partial charge on any atom is 0.161 e. The number of nitrogens with zero attached hydrogens (tertiary/aromatic N) is 3. The molecule has 0 aromatic carbocycles. The van der Waals surface area contributed by atoms with E-state index in [1.807, 2.05) is 36.4 Å². The normalized spacial score (nSPS) is 10.6. The molecule has 0 amide bonds. The predicted molar refractivity (Wildman–Crippen MR) is 67.2 cm³/mol. The maximum absolute atomic E-state index is 5.99. The topological polar surface area (TPSA) is 64.7 Å². The Morgan fingerprint density at radius 2 is 1.76 bits per heavy atom. The van der Waals surface area contributed by atoms with E-state index in [-0.39, 0.29) is 0 Å². The van der Waals surface area contributed by atoms with Crippen LogP contribution in [0.25, 0.3) is 22.4 Å². The Morgan fingerprint density at radius 3 is 2.59 bits per heavy atom. The molecule has 3 heterocycles. The van der Waals surface area contributed by atoms with Crippen molar-refractivity contribution in [2.45, 2.75) is 0 Å². The van der Waals surface area contributed by atoms with Crippen LogP contribution in [0.1, 0.15) is 0 Å². The van der Waals surface area contributed by atoms with Gasteiger partial charge in [0.1, 0.15) is 0 Å². The average molecular weight is 222 g/mol. The number of aromatic nitrogens is 3. The summed E-state index contributed by atoms with van der Waals surface area (Å²) < 4.78 is 0. The van der Waals surface area contributed by atoms with Gasteiger partial charge in [-0.2, -0.15) is 0 Å². The third-order valence-electron chi connectivity index (χ3n) is 2.54. The molecule has 3 aromatic heterocycles. The molecule has 0 saturated carbocycles. The second-order valence-corrected chi connectivity index (χ2v) is 3.69. The number of pyridine rings is 3. The van der Waals surface area contributed by atoms with Crippen LogP contribution in [0.15, 0.2) is 48.8 Å². The highest BCUT2D eigenvalue weighted by molar-refractivity contribution is 5.89. The first kappa shape index (κ1) is 9.72. The van der Waals surface area contributed by atoms with Gasteiger partial charge in [0.25, 0.3) is 0 Å². The molecule has 2 N–H and O–H groups in total. The molecule has 0 bridgehead atoms. The lowest BCUT2D eigenvalue weighted by Crippen LogP contribution is -1.95.